The number of carbonyl (C=O) groups excluding carboxylic acids is 2. The maximum absolute atomic E-state index is 13.3. The predicted octanol–water partition coefficient (Wildman–Crippen LogP) is 5.00. The first kappa shape index (κ1) is 29.4. The van der Waals surface area contributed by atoms with Gasteiger partial charge in [-0.3, -0.25) is 9.59 Å². The van der Waals surface area contributed by atoms with E-state index in [2.05, 4.69) is 70.2 Å². The van der Waals surface area contributed by atoms with Crippen molar-refractivity contribution in [3.8, 4) is 22.4 Å². The van der Waals surface area contributed by atoms with Crippen molar-refractivity contribution < 1.29 is 9.59 Å². The average Bonchev–Trinajstić information content (AvgIpc) is 3.60. The topological polar surface area (TPSA) is 72.9 Å². The van der Waals surface area contributed by atoms with Gasteiger partial charge in [0, 0.05) is 44.8 Å². The van der Waals surface area contributed by atoms with Crippen LogP contribution in [0.4, 0.5) is 5.82 Å². The van der Waals surface area contributed by atoms with E-state index < -0.39 is 0 Å². The van der Waals surface area contributed by atoms with E-state index in [0.717, 1.165) is 36.7 Å². The summed E-state index contributed by atoms with van der Waals surface area (Å²) in [5, 5.41) is 10.9. The number of benzene rings is 2. The van der Waals surface area contributed by atoms with Crippen molar-refractivity contribution in [2.75, 3.05) is 63.8 Å². The SMILES string of the molecule is CCN(CC)CCN(CC(=O)N1CCN(c2ccc(-c3ccc(-c4ccccc4)cc3)nn2)CC1)C(=O)c1cccs1. The van der Waals surface area contributed by atoms with Gasteiger partial charge in [0.2, 0.25) is 5.91 Å². The fourth-order valence-electron chi connectivity index (χ4n) is 5.17. The Balaban J connectivity index is 1.16. The second-order valence-electron chi connectivity index (χ2n) is 10.3. The zero-order valence-corrected chi connectivity index (χ0v) is 25.2. The van der Waals surface area contributed by atoms with Crippen LogP contribution in [0, 0.1) is 0 Å². The number of piperazine rings is 1. The van der Waals surface area contributed by atoms with Crippen LogP contribution in [0.25, 0.3) is 22.4 Å². The highest BCUT2D eigenvalue weighted by molar-refractivity contribution is 7.12. The van der Waals surface area contributed by atoms with E-state index in [1.54, 1.807) is 4.90 Å². The molecule has 2 aromatic heterocycles. The Morgan fingerprint density at radius 1 is 0.762 bits per heavy atom. The number of aromatic nitrogens is 2. The molecule has 0 saturated carbocycles. The first-order valence-corrected chi connectivity index (χ1v) is 15.5. The fraction of sp³-hybridized carbons (Fsp3) is 0.333. The van der Waals surface area contributed by atoms with E-state index in [-0.39, 0.29) is 18.4 Å². The molecule has 3 heterocycles. The molecule has 1 saturated heterocycles. The Morgan fingerprint density at radius 3 is 2.07 bits per heavy atom. The summed E-state index contributed by atoms with van der Waals surface area (Å²) in [4.78, 5) is 35.1. The van der Waals surface area contributed by atoms with Crippen molar-refractivity contribution in [3.05, 3.63) is 89.1 Å². The highest BCUT2D eigenvalue weighted by Crippen LogP contribution is 2.24. The summed E-state index contributed by atoms with van der Waals surface area (Å²) >= 11 is 1.42. The van der Waals surface area contributed by atoms with Gasteiger partial charge in [0.25, 0.3) is 5.91 Å². The Bertz CT molecular complexity index is 1420. The van der Waals surface area contributed by atoms with E-state index in [0.29, 0.717) is 37.6 Å². The molecule has 1 aliphatic heterocycles. The average molecular weight is 583 g/mol. The number of likely N-dealkylation sites (N-methyl/N-ethyl adjacent to an activating group) is 1. The third-order valence-electron chi connectivity index (χ3n) is 7.82. The van der Waals surface area contributed by atoms with E-state index in [1.807, 2.05) is 52.7 Å². The molecule has 8 nitrogen and oxygen atoms in total. The molecule has 9 heteroatoms. The van der Waals surface area contributed by atoms with Crippen molar-refractivity contribution in [3.63, 3.8) is 0 Å². The zero-order chi connectivity index (χ0) is 29.3. The van der Waals surface area contributed by atoms with E-state index >= 15 is 0 Å². The summed E-state index contributed by atoms with van der Waals surface area (Å²) in [5.74, 6) is 0.717. The van der Waals surface area contributed by atoms with Gasteiger partial charge in [-0.25, -0.2) is 0 Å². The minimum Gasteiger partial charge on any atom is -0.352 e. The van der Waals surface area contributed by atoms with Gasteiger partial charge < -0.3 is 19.6 Å². The number of amides is 2. The van der Waals surface area contributed by atoms with Gasteiger partial charge in [0.05, 0.1) is 10.6 Å². The van der Waals surface area contributed by atoms with Gasteiger partial charge in [0.1, 0.15) is 6.54 Å². The van der Waals surface area contributed by atoms with Gasteiger partial charge in [-0.15, -0.1) is 21.5 Å². The molecule has 0 unspecified atom stereocenters. The number of rotatable bonds is 11. The molecule has 5 rings (SSSR count). The van der Waals surface area contributed by atoms with Crippen LogP contribution in [0.15, 0.2) is 84.2 Å². The molecule has 0 atom stereocenters. The van der Waals surface area contributed by atoms with E-state index in [1.165, 1.54) is 22.5 Å². The number of carbonyl (C=O) groups is 2. The summed E-state index contributed by atoms with van der Waals surface area (Å²) in [6.07, 6.45) is 0. The third-order valence-corrected chi connectivity index (χ3v) is 8.68. The lowest BCUT2D eigenvalue weighted by Gasteiger charge is -2.36. The lowest BCUT2D eigenvalue weighted by atomic mass is 10.0. The van der Waals surface area contributed by atoms with Crippen LogP contribution in [0.3, 0.4) is 0 Å². The molecular weight excluding hydrogens is 544 g/mol. The summed E-state index contributed by atoms with van der Waals surface area (Å²) in [7, 11) is 0. The van der Waals surface area contributed by atoms with Crippen LogP contribution in [0.5, 0.6) is 0 Å². The van der Waals surface area contributed by atoms with Gasteiger partial charge in [-0.2, -0.15) is 0 Å². The van der Waals surface area contributed by atoms with Crippen LogP contribution >= 0.6 is 11.3 Å². The molecule has 42 heavy (non-hydrogen) atoms. The summed E-state index contributed by atoms with van der Waals surface area (Å²) in [6, 6.07) is 26.4. The minimum atomic E-state index is -0.0748. The molecule has 0 bridgehead atoms. The van der Waals surface area contributed by atoms with Crippen molar-refractivity contribution in [2.45, 2.75) is 13.8 Å². The number of hydrogen-bond donors (Lipinski definition) is 0. The van der Waals surface area contributed by atoms with Crippen LogP contribution in [-0.4, -0.2) is 95.6 Å². The summed E-state index contributed by atoms with van der Waals surface area (Å²) in [5.41, 5.74) is 4.20. The van der Waals surface area contributed by atoms with Crippen molar-refractivity contribution in [1.29, 1.82) is 0 Å². The minimum absolute atomic E-state index is 0.0144. The lowest BCUT2D eigenvalue weighted by Crippen LogP contribution is -2.52. The monoisotopic (exact) mass is 582 g/mol. The van der Waals surface area contributed by atoms with Crippen LogP contribution in [0.2, 0.25) is 0 Å². The molecule has 0 aliphatic carbocycles. The maximum Gasteiger partial charge on any atom is 0.264 e. The largest absolute Gasteiger partial charge is 0.352 e. The third kappa shape index (κ3) is 7.21. The molecule has 2 amide bonds. The second kappa shape index (κ2) is 14.2. The van der Waals surface area contributed by atoms with E-state index in [4.69, 9.17) is 0 Å². The molecule has 218 valence electrons. The first-order valence-electron chi connectivity index (χ1n) is 14.6. The second-order valence-corrected chi connectivity index (χ2v) is 11.3. The van der Waals surface area contributed by atoms with Crippen molar-refractivity contribution in [2.24, 2.45) is 0 Å². The Labute approximate surface area is 252 Å². The van der Waals surface area contributed by atoms with Gasteiger partial charge in [0.15, 0.2) is 5.82 Å². The molecular formula is C33H38N6O2S. The Morgan fingerprint density at radius 2 is 1.45 bits per heavy atom. The van der Waals surface area contributed by atoms with Crippen LogP contribution in [-0.2, 0) is 4.79 Å². The molecule has 2 aromatic carbocycles. The van der Waals surface area contributed by atoms with Gasteiger partial charge in [-0.1, -0.05) is 74.5 Å². The highest BCUT2D eigenvalue weighted by atomic mass is 32.1. The lowest BCUT2D eigenvalue weighted by molar-refractivity contribution is -0.132. The highest BCUT2D eigenvalue weighted by Gasteiger charge is 2.26. The Hall–Kier alpha value is -4.08. The summed E-state index contributed by atoms with van der Waals surface area (Å²) < 4.78 is 0. The first-order chi connectivity index (χ1) is 20.6. The molecule has 1 fully saturated rings. The molecule has 1 aliphatic rings. The predicted molar refractivity (Wildman–Crippen MR) is 170 cm³/mol. The number of hydrogen-bond acceptors (Lipinski definition) is 7. The number of anilines is 1. The number of nitrogens with zero attached hydrogens (tertiary/aromatic N) is 6. The fourth-order valence-corrected chi connectivity index (χ4v) is 5.86. The van der Waals surface area contributed by atoms with Crippen molar-refractivity contribution in [1.82, 2.24) is 24.9 Å². The van der Waals surface area contributed by atoms with Gasteiger partial charge >= 0.3 is 0 Å². The quantitative estimate of drug-likeness (QED) is 0.248. The normalized spacial score (nSPS) is 13.4. The van der Waals surface area contributed by atoms with Crippen LogP contribution < -0.4 is 4.90 Å². The maximum atomic E-state index is 13.3. The van der Waals surface area contributed by atoms with Crippen molar-refractivity contribution >= 4 is 29.0 Å². The Kier molecular flexibility index (Phi) is 9.94. The van der Waals surface area contributed by atoms with Gasteiger partial charge in [-0.05, 0) is 47.8 Å². The standard InChI is InChI=1S/C33H38N6O2S/c1-3-36(4-2)18-19-39(33(41)30-11-8-24-42-30)25-32(40)38-22-20-37(21-23-38)31-17-16-29(34-35-31)28-14-12-27(13-15-28)26-9-6-5-7-10-26/h5-17,24H,3-4,18-23,25H2,1-2H3. The molecule has 4 aromatic rings. The molecule has 0 N–H and O–H groups in total. The smallest absolute Gasteiger partial charge is 0.264 e. The zero-order valence-electron chi connectivity index (χ0n) is 24.4. The summed E-state index contributed by atoms with van der Waals surface area (Å²) in [6.45, 7) is 9.93. The number of thiophene rings is 1. The van der Waals surface area contributed by atoms with Crippen LogP contribution in [0.1, 0.15) is 23.5 Å². The van der Waals surface area contributed by atoms with E-state index in [9.17, 15) is 9.59 Å². The molecule has 0 spiro atoms. The molecule has 0 radical (unpaired) electrons.